The minimum Gasteiger partial charge on any atom is -0.497 e. The van der Waals surface area contributed by atoms with E-state index >= 15 is 0 Å². The Kier molecular flexibility index (Phi) is 4.30. The summed E-state index contributed by atoms with van der Waals surface area (Å²) in [5.41, 5.74) is 2.44. The highest BCUT2D eigenvalue weighted by Crippen LogP contribution is 2.34. The molecule has 0 radical (unpaired) electrons. The number of aliphatic hydroxyl groups is 1. The van der Waals surface area contributed by atoms with Gasteiger partial charge in [0.25, 0.3) is 0 Å². The molecule has 0 aliphatic carbocycles. The molecule has 0 unspecified atom stereocenters. The first kappa shape index (κ1) is 15.1. The van der Waals surface area contributed by atoms with Gasteiger partial charge in [0.2, 0.25) is 5.89 Å². The average Bonchev–Trinajstić information content (AvgIpc) is 3.06. The van der Waals surface area contributed by atoms with Crippen molar-refractivity contribution >= 4 is 0 Å². The summed E-state index contributed by atoms with van der Waals surface area (Å²) in [6, 6.07) is 15.0. The van der Waals surface area contributed by atoms with Crippen molar-refractivity contribution in [1.29, 1.82) is 0 Å². The molecule has 0 atom stereocenters. The quantitative estimate of drug-likeness (QED) is 0.781. The van der Waals surface area contributed by atoms with Gasteiger partial charge in [0.15, 0.2) is 5.76 Å². The summed E-state index contributed by atoms with van der Waals surface area (Å²) >= 11 is 0. The third-order valence-corrected chi connectivity index (χ3v) is 3.52. The number of aliphatic hydroxyl groups excluding tert-OH is 1. The largest absolute Gasteiger partial charge is 0.497 e. The van der Waals surface area contributed by atoms with Gasteiger partial charge in [-0.3, -0.25) is 0 Å². The van der Waals surface area contributed by atoms with Crippen LogP contribution >= 0.6 is 0 Å². The molecule has 1 aromatic heterocycles. The van der Waals surface area contributed by atoms with Gasteiger partial charge in [0, 0.05) is 11.1 Å². The third-order valence-electron chi connectivity index (χ3n) is 3.52. The van der Waals surface area contributed by atoms with Crippen LogP contribution in [-0.4, -0.2) is 24.3 Å². The Hall–Kier alpha value is -2.79. The lowest BCUT2D eigenvalue weighted by molar-refractivity contribution is 0.241. The molecule has 3 aromatic rings. The number of hydrogen-bond acceptors (Lipinski definition) is 5. The molecule has 0 bridgehead atoms. The molecule has 3 rings (SSSR count). The predicted octanol–water partition coefficient (Wildman–Crippen LogP) is 3.52. The van der Waals surface area contributed by atoms with Crippen LogP contribution in [0, 0.1) is 0 Å². The molecule has 5 heteroatoms. The van der Waals surface area contributed by atoms with E-state index in [0.717, 1.165) is 22.6 Å². The number of oxazole rings is 1. The van der Waals surface area contributed by atoms with E-state index in [1.165, 1.54) is 0 Å². The standard InChI is InChI=1S/C18H17NO4/c1-21-14-7-3-12(4-8-14)17-18(23-16(11-20)19-17)13-5-9-15(22-2)10-6-13/h3-10,20H,11H2,1-2H3. The van der Waals surface area contributed by atoms with E-state index < -0.39 is 0 Å². The fourth-order valence-electron chi connectivity index (χ4n) is 2.31. The lowest BCUT2D eigenvalue weighted by atomic mass is 10.1. The molecular formula is C18H17NO4. The van der Waals surface area contributed by atoms with Crippen LogP contribution in [0.1, 0.15) is 5.89 Å². The van der Waals surface area contributed by atoms with Crippen LogP contribution in [0.15, 0.2) is 52.9 Å². The molecule has 5 nitrogen and oxygen atoms in total. The molecule has 118 valence electrons. The van der Waals surface area contributed by atoms with Crippen molar-refractivity contribution in [2.45, 2.75) is 6.61 Å². The number of methoxy groups -OCH3 is 2. The first-order chi connectivity index (χ1) is 11.2. The fourth-order valence-corrected chi connectivity index (χ4v) is 2.31. The van der Waals surface area contributed by atoms with Crippen molar-refractivity contribution in [1.82, 2.24) is 4.98 Å². The van der Waals surface area contributed by atoms with Crippen molar-refractivity contribution in [2.24, 2.45) is 0 Å². The van der Waals surface area contributed by atoms with Crippen LogP contribution in [0.5, 0.6) is 11.5 Å². The monoisotopic (exact) mass is 311 g/mol. The van der Waals surface area contributed by atoms with Crippen molar-refractivity contribution in [3.05, 3.63) is 54.4 Å². The first-order valence-corrected chi connectivity index (χ1v) is 7.14. The number of nitrogens with zero attached hydrogens (tertiary/aromatic N) is 1. The van der Waals surface area contributed by atoms with E-state index in [1.807, 2.05) is 48.5 Å². The summed E-state index contributed by atoms with van der Waals surface area (Å²) in [4.78, 5) is 4.38. The van der Waals surface area contributed by atoms with E-state index in [0.29, 0.717) is 11.5 Å². The summed E-state index contributed by atoms with van der Waals surface area (Å²) in [5.74, 6) is 2.43. The number of hydrogen-bond donors (Lipinski definition) is 1. The highest BCUT2D eigenvalue weighted by atomic mass is 16.5. The predicted molar refractivity (Wildman–Crippen MR) is 86.4 cm³/mol. The minimum absolute atomic E-state index is 0.251. The molecule has 2 aromatic carbocycles. The Morgan fingerprint density at radius 3 is 1.87 bits per heavy atom. The maximum atomic E-state index is 9.34. The summed E-state index contributed by atoms with van der Waals surface area (Å²) < 4.78 is 16.0. The summed E-state index contributed by atoms with van der Waals surface area (Å²) in [6.45, 7) is -0.251. The molecule has 0 saturated heterocycles. The van der Waals surface area contributed by atoms with Gasteiger partial charge < -0.3 is 19.0 Å². The van der Waals surface area contributed by atoms with Gasteiger partial charge in [-0.2, -0.15) is 0 Å². The SMILES string of the molecule is COc1ccc(-c2nc(CO)oc2-c2ccc(OC)cc2)cc1. The van der Waals surface area contributed by atoms with E-state index in [1.54, 1.807) is 14.2 Å². The van der Waals surface area contributed by atoms with Gasteiger partial charge in [-0.1, -0.05) is 0 Å². The molecule has 23 heavy (non-hydrogen) atoms. The Balaban J connectivity index is 2.06. The molecule has 1 heterocycles. The zero-order valence-corrected chi connectivity index (χ0v) is 12.9. The molecule has 1 N–H and O–H groups in total. The highest BCUT2D eigenvalue weighted by molar-refractivity contribution is 5.77. The lowest BCUT2D eigenvalue weighted by Crippen LogP contribution is -1.86. The van der Waals surface area contributed by atoms with Gasteiger partial charge in [0.1, 0.15) is 23.8 Å². The number of ether oxygens (including phenoxy) is 2. The Bertz CT molecular complexity index is 711. The zero-order valence-electron chi connectivity index (χ0n) is 12.9. The van der Waals surface area contributed by atoms with Crippen molar-refractivity contribution in [3.63, 3.8) is 0 Å². The molecule has 0 spiro atoms. The molecule has 0 aliphatic heterocycles. The second kappa shape index (κ2) is 6.54. The lowest BCUT2D eigenvalue weighted by Gasteiger charge is -2.04. The van der Waals surface area contributed by atoms with Crippen LogP contribution in [-0.2, 0) is 6.61 Å². The van der Waals surface area contributed by atoms with E-state index in [9.17, 15) is 5.11 Å². The molecule has 0 fully saturated rings. The van der Waals surface area contributed by atoms with Gasteiger partial charge in [0.05, 0.1) is 14.2 Å². The Morgan fingerprint density at radius 1 is 0.870 bits per heavy atom. The molecular weight excluding hydrogens is 294 g/mol. The van der Waals surface area contributed by atoms with E-state index in [2.05, 4.69) is 4.98 Å². The Morgan fingerprint density at radius 2 is 1.39 bits per heavy atom. The summed E-state index contributed by atoms with van der Waals surface area (Å²) in [7, 11) is 3.24. The number of aromatic nitrogens is 1. The van der Waals surface area contributed by atoms with E-state index in [4.69, 9.17) is 13.9 Å². The van der Waals surface area contributed by atoms with Gasteiger partial charge >= 0.3 is 0 Å². The highest BCUT2D eigenvalue weighted by Gasteiger charge is 2.16. The maximum Gasteiger partial charge on any atom is 0.221 e. The van der Waals surface area contributed by atoms with Gasteiger partial charge in [-0.15, -0.1) is 0 Å². The molecule has 0 aliphatic rings. The van der Waals surface area contributed by atoms with Crippen LogP contribution in [0.25, 0.3) is 22.6 Å². The summed E-state index contributed by atoms with van der Waals surface area (Å²) in [6.07, 6.45) is 0. The van der Waals surface area contributed by atoms with Crippen molar-refractivity contribution in [2.75, 3.05) is 14.2 Å². The maximum absolute atomic E-state index is 9.34. The van der Waals surface area contributed by atoms with Crippen LogP contribution in [0.2, 0.25) is 0 Å². The molecule has 0 amide bonds. The van der Waals surface area contributed by atoms with Gasteiger partial charge in [-0.05, 0) is 48.5 Å². The second-order valence-electron chi connectivity index (χ2n) is 4.90. The normalized spacial score (nSPS) is 10.6. The number of benzene rings is 2. The smallest absolute Gasteiger partial charge is 0.221 e. The molecule has 0 saturated carbocycles. The Labute approximate surface area is 134 Å². The van der Waals surface area contributed by atoms with Crippen LogP contribution in [0.3, 0.4) is 0 Å². The summed E-state index contributed by atoms with van der Waals surface area (Å²) in [5, 5.41) is 9.34. The van der Waals surface area contributed by atoms with Crippen molar-refractivity contribution in [3.8, 4) is 34.1 Å². The number of rotatable bonds is 5. The van der Waals surface area contributed by atoms with Gasteiger partial charge in [-0.25, -0.2) is 4.98 Å². The zero-order chi connectivity index (χ0) is 16.2. The van der Waals surface area contributed by atoms with Crippen molar-refractivity contribution < 1.29 is 19.0 Å². The second-order valence-corrected chi connectivity index (χ2v) is 4.90. The van der Waals surface area contributed by atoms with Crippen LogP contribution in [0.4, 0.5) is 0 Å². The minimum atomic E-state index is -0.251. The fraction of sp³-hybridized carbons (Fsp3) is 0.167. The third kappa shape index (κ3) is 3.05. The average molecular weight is 311 g/mol. The van der Waals surface area contributed by atoms with Crippen LogP contribution < -0.4 is 9.47 Å². The topological polar surface area (TPSA) is 64.7 Å². The first-order valence-electron chi connectivity index (χ1n) is 7.14. The van der Waals surface area contributed by atoms with E-state index in [-0.39, 0.29) is 12.5 Å².